The number of likely N-dealkylation sites (tertiary alicyclic amines) is 2. The summed E-state index contributed by atoms with van der Waals surface area (Å²) in [5.74, 6) is 1.85. The molecule has 0 aliphatic carbocycles. The first-order valence-corrected chi connectivity index (χ1v) is 10.9. The van der Waals surface area contributed by atoms with Crippen molar-refractivity contribution >= 4 is 17.2 Å². The van der Waals surface area contributed by atoms with Gasteiger partial charge < -0.3 is 4.90 Å². The Bertz CT molecular complexity index is 746. The molecule has 6 heteroatoms. The van der Waals surface area contributed by atoms with E-state index in [1.165, 1.54) is 10.4 Å². The van der Waals surface area contributed by atoms with Crippen molar-refractivity contribution in [3.63, 3.8) is 0 Å². The summed E-state index contributed by atoms with van der Waals surface area (Å²) < 4.78 is 0. The van der Waals surface area contributed by atoms with Crippen LogP contribution in [0.15, 0.2) is 29.9 Å². The number of amides is 1. The second-order valence-corrected chi connectivity index (χ2v) is 8.70. The van der Waals surface area contributed by atoms with Gasteiger partial charge in [-0.15, -0.1) is 11.3 Å². The minimum atomic E-state index is 0.352. The third-order valence-electron chi connectivity index (χ3n) is 5.89. The molecule has 0 radical (unpaired) electrons. The van der Waals surface area contributed by atoms with Crippen LogP contribution in [0.25, 0.3) is 0 Å². The number of hydrogen-bond donors (Lipinski definition) is 0. The first kappa shape index (κ1) is 18.6. The Balaban J connectivity index is 1.35. The van der Waals surface area contributed by atoms with E-state index in [4.69, 9.17) is 0 Å². The fourth-order valence-electron chi connectivity index (χ4n) is 4.45. The zero-order chi connectivity index (χ0) is 18.6. The van der Waals surface area contributed by atoms with Crippen LogP contribution in [-0.2, 0) is 24.2 Å². The average molecular weight is 385 g/mol. The molecule has 2 aliphatic heterocycles. The van der Waals surface area contributed by atoms with E-state index >= 15 is 0 Å². The van der Waals surface area contributed by atoms with E-state index in [0.29, 0.717) is 24.3 Å². The zero-order valence-electron chi connectivity index (χ0n) is 16.0. The number of carbonyl (C=O) groups is 1. The van der Waals surface area contributed by atoms with Gasteiger partial charge in [-0.2, -0.15) is 0 Å². The number of thiophene rings is 1. The lowest BCUT2D eigenvalue weighted by atomic mass is 9.83. The van der Waals surface area contributed by atoms with Crippen molar-refractivity contribution in [1.82, 2.24) is 19.8 Å². The molecule has 27 heavy (non-hydrogen) atoms. The number of hydrogen-bond acceptors (Lipinski definition) is 5. The van der Waals surface area contributed by atoms with Crippen LogP contribution < -0.4 is 0 Å². The largest absolute Gasteiger partial charge is 0.339 e. The molecule has 0 unspecified atom stereocenters. The van der Waals surface area contributed by atoms with Gasteiger partial charge in [-0.3, -0.25) is 9.69 Å². The van der Waals surface area contributed by atoms with Crippen molar-refractivity contribution in [2.24, 2.45) is 5.92 Å². The summed E-state index contributed by atoms with van der Waals surface area (Å²) in [6, 6.07) is 4.68. The van der Waals surface area contributed by atoms with E-state index < -0.39 is 0 Å². The lowest BCUT2D eigenvalue weighted by Crippen LogP contribution is -2.56. The van der Waals surface area contributed by atoms with Crippen LogP contribution in [0.1, 0.15) is 42.5 Å². The van der Waals surface area contributed by atoms with Crippen molar-refractivity contribution < 1.29 is 4.79 Å². The van der Waals surface area contributed by atoms with E-state index in [1.54, 1.807) is 11.3 Å². The molecule has 0 saturated carbocycles. The predicted molar refractivity (Wildman–Crippen MR) is 108 cm³/mol. The van der Waals surface area contributed by atoms with Crippen LogP contribution in [0.3, 0.4) is 0 Å². The summed E-state index contributed by atoms with van der Waals surface area (Å²) in [6.07, 6.45) is 8.61. The summed E-state index contributed by atoms with van der Waals surface area (Å²) in [5.41, 5.74) is 1.19. The maximum absolute atomic E-state index is 12.5. The van der Waals surface area contributed by atoms with Gasteiger partial charge in [-0.1, -0.05) is 13.0 Å². The summed E-state index contributed by atoms with van der Waals surface area (Å²) in [7, 11) is 0. The van der Waals surface area contributed by atoms with Crippen LogP contribution in [0, 0.1) is 5.92 Å². The monoisotopic (exact) mass is 384 g/mol. The molecular weight excluding hydrogens is 356 g/mol. The van der Waals surface area contributed by atoms with Crippen molar-refractivity contribution in [1.29, 1.82) is 0 Å². The molecule has 2 saturated heterocycles. The molecule has 2 aliphatic rings. The van der Waals surface area contributed by atoms with E-state index in [2.05, 4.69) is 44.2 Å². The summed E-state index contributed by atoms with van der Waals surface area (Å²) in [6.45, 7) is 5.97. The third-order valence-corrected chi connectivity index (χ3v) is 6.82. The molecule has 0 N–H and O–H groups in total. The predicted octanol–water partition coefficient (Wildman–Crippen LogP) is 3.16. The van der Waals surface area contributed by atoms with E-state index in [0.717, 1.165) is 57.7 Å². The van der Waals surface area contributed by atoms with E-state index in [1.807, 2.05) is 12.4 Å². The SMILES string of the molecule is CCc1ncc(CN2CC[C@@H]3[C@@H](CCC(=O)N3CCc3cccs3)C2)cn1. The van der Waals surface area contributed by atoms with Crippen molar-refractivity contribution in [2.75, 3.05) is 19.6 Å². The minimum absolute atomic E-state index is 0.352. The van der Waals surface area contributed by atoms with Crippen molar-refractivity contribution in [3.8, 4) is 0 Å². The van der Waals surface area contributed by atoms with Gasteiger partial charge in [0.2, 0.25) is 5.91 Å². The molecule has 0 bridgehead atoms. The Morgan fingerprint density at radius 2 is 2.11 bits per heavy atom. The molecule has 4 rings (SSSR count). The number of piperidine rings is 2. The smallest absolute Gasteiger partial charge is 0.222 e. The average Bonchev–Trinajstić information content (AvgIpc) is 3.21. The number of aromatic nitrogens is 2. The number of fused-ring (bicyclic) bond motifs is 1. The van der Waals surface area contributed by atoms with Crippen molar-refractivity contribution in [2.45, 2.75) is 51.6 Å². The second kappa shape index (κ2) is 8.48. The Morgan fingerprint density at radius 3 is 2.85 bits per heavy atom. The summed E-state index contributed by atoms with van der Waals surface area (Å²) in [5, 5.41) is 2.12. The first-order valence-electron chi connectivity index (χ1n) is 10.1. The van der Waals surface area contributed by atoms with Gasteiger partial charge in [0.1, 0.15) is 5.82 Å². The molecule has 144 valence electrons. The van der Waals surface area contributed by atoms with Gasteiger partial charge in [-0.05, 0) is 36.6 Å². The lowest BCUT2D eigenvalue weighted by molar-refractivity contribution is -0.141. The molecule has 2 fully saturated rings. The van der Waals surface area contributed by atoms with Crippen LogP contribution in [0.2, 0.25) is 0 Å². The van der Waals surface area contributed by atoms with Crippen LogP contribution in [-0.4, -0.2) is 51.4 Å². The Morgan fingerprint density at radius 1 is 1.26 bits per heavy atom. The summed E-state index contributed by atoms with van der Waals surface area (Å²) in [4.78, 5) is 27.5. The number of rotatable bonds is 6. The van der Waals surface area contributed by atoms with Gasteiger partial charge in [0.15, 0.2) is 0 Å². The molecular formula is C21H28N4OS. The quantitative estimate of drug-likeness (QED) is 0.768. The Hall–Kier alpha value is -1.79. The molecule has 2 aromatic heterocycles. The van der Waals surface area contributed by atoms with Crippen LogP contribution in [0.4, 0.5) is 0 Å². The Labute approximate surface area is 165 Å². The topological polar surface area (TPSA) is 49.3 Å². The molecule has 1 amide bonds. The normalized spacial score (nSPS) is 23.4. The van der Waals surface area contributed by atoms with Gasteiger partial charge in [0.05, 0.1) is 0 Å². The second-order valence-electron chi connectivity index (χ2n) is 7.67. The molecule has 5 nitrogen and oxygen atoms in total. The van der Waals surface area contributed by atoms with E-state index in [-0.39, 0.29) is 0 Å². The maximum atomic E-state index is 12.5. The molecule has 2 aromatic rings. The maximum Gasteiger partial charge on any atom is 0.222 e. The zero-order valence-corrected chi connectivity index (χ0v) is 16.8. The number of aryl methyl sites for hydroxylation is 1. The highest BCUT2D eigenvalue weighted by atomic mass is 32.1. The lowest BCUT2D eigenvalue weighted by Gasteiger charge is -2.47. The van der Waals surface area contributed by atoms with Gasteiger partial charge >= 0.3 is 0 Å². The molecule has 2 atom stereocenters. The third kappa shape index (κ3) is 4.38. The summed E-state index contributed by atoms with van der Waals surface area (Å²) >= 11 is 1.79. The van der Waals surface area contributed by atoms with Crippen LogP contribution in [0.5, 0.6) is 0 Å². The standard InChI is InChI=1S/C21H28N4OS/c1-2-20-22-12-16(13-23-20)14-24-9-8-19-17(15-24)5-6-21(26)25(19)10-7-18-4-3-11-27-18/h3-4,11-13,17,19H,2,5-10,14-15H2,1H3/t17-,19+/m0/s1. The minimum Gasteiger partial charge on any atom is -0.339 e. The van der Waals surface area contributed by atoms with E-state index in [9.17, 15) is 4.79 Å². The van der Waals surface area contributed by atoms with Crippen molar-refractivity contribution in [3.05, 3.63) is 46.2 Å². The highest BCUT2D eigenvalue weighted by Crippen LogP contribution is 2.32. The Kier molecular flexibility index (Phi) is 5.83. The molecule has 0 aromatic carbocycles. The first-order chi connectivity index (χ1) is 13.2. The van der Waals surface area contributed by atoms with Gasteiger partial charge in [-0.25, -0.2) is 9.97 Å². The van der Waals surface area contributed by atoms with Gasteiger partial charge in [0.25, 0.3) is 0 Å². The molecule has 4 heterocycles. The number of nitrogens with zero attached hydrogens (tertiary/aromatic N) is 4. The molecule has 0 spiro atoms. The number of carbonyl (C=O) groups excluding carboxylic acids is 1. The van der Waals surface area contributed by atoms with Crippen LogP contribution >= 0.6 is 11.3 Å². The van der Waals surface area contributed by atoms with Gasteiger partial charge in [0, 0.05) is 67.9 Å². The highest BCUT2D eigenvalue weighted by molar-refractivity contribution is 7.09. The fourth-order valence-corrected chi connectivity index (χ4v) is 5.15. The fraction of sp³-hybridized carbons (Fsp3) is 0.571. The highest BCUT2D eigenvalue weighted by Gasteiger charge is 2.38.